The van der Waals surface area contributed by atoms with Crippen molar-refractivity contribution in [1.29, 1.82) is 0 Å². The molecular weight excluding hydrogens is 332 g/mol. The van der Waals surface area contributed by atoms with Gasteiger partial charge >= 0.3 is 0 Å². The Balaban J connectivity index is 1.68. The highest BCUT2D eigenvalue weighted by molar-refractivity contribution is 8.00. The average molecular weight is 353 g/mol. The van der Waals surface area contributed by atoms with Crippen LogP contribution >= 0.6 is 11.8 Å². The maximum Gasteiger partial charge on any atom is 0.0419 e. The zero-order chi connectivity index (χ0) is 17.5. The van der Waals surface area contributed by atoms with Crippen LogP contribution in [0.1, 0.15) is 42.0 Å². The Bertz CT molecular complexity index is 1150. The van der Waals surface area contributed by atoms with E-state index in [0.717, 1.165) is 0 Å². The van der Waals surface area contributed by atoms with Crippen LogP contribution in [-0.4, -0.2) is 5.25 Å². The third kappa shape index (κ3) is 1.77. The molecular formula is C25H20S. The molecule has 0 fully saturated rings. The van der Waals surface area contributed by atoms with Crippen molar-refractivity contribution in [3.63, 3.8) is 0 Å². The van der Waals surface area contributed by atoms with Crippen LogP contribution in [0.3, 0.4) is 0 Å². The SMILES string of the molecule is CC1(C)C2=Cc3ccc4cccc5c4c3C(C=C5)C2Sc2ccccc21. The Morgan fingerprint density at radius 3 is 2.69 bits per heavy atom. The Kier molecular flexibility index (Phi) is 2.82. The molecule has 0 amide bonds. The van der Waals surface area contributed by atoms with Crippen molar-refractivity contribution in [2.75, 3.05) is 0 Å². The zero-order valence-electron chi connectivity index (χ0n) is 15.0. The highest BCUT2D eigenvalue weighted by Crippen LogP contribution is 2.57. The second-order valence-corrected chi connectivity index (χ2v) is 9.34. The lowest BCUT2D eigenvalue weighted by Gasteiger charge is -2.46. The topological polar surface area (TPSA) is 0 Å². The standard InChI is InChI=1S/C25H20S/c1-25(2)19-8-3-4-9-21(19)26-24-18-13-12-16-7-5-6-15-10-11-17(14-20(24)25)23(18)22(15)16/h3-14,18,24H,1-2H3. The number of allylic oxidation sites excluding steroid dienone is 1. The van der Waals surface area contributed by atoms with E-state index in [2.05, 4.69) is 98.4 Å². The van der Waals surface area contributed by atoms with Gasteiger partial charge in [0, 0.05) is 21.5 Å². The molecule has 6 rings (SSSR count). The molecule has 1 aliphatic heterocycles. The predicted octanol–water partition coefficient (Wildman–Crippen LogP) is 6.80. The van der Waals surface area contributed by atoms with E-state index in [4.69, 9.17) is 0 Å². The third-order valence-electron chi connectivity index (χ3n) is 6.45. The molecule has 2 aliphatic carbocycles. The summed E-state index contributed by atoms with van der Waals surface area (Å²) >= 11 is 2.06. The Hall–Kier alpha value is -2.25. The molecule has 26 heavy (non-hydrogen) atoms. The van der Waals surface area contributed by atoms with Crippen LogP contribution in [0.2, 0.25) is 0 Å². The van der Waals surface area contributed by atoms with Crippen LogP contribution in [0.15, 0.2) is 71.1 Å². The van der Waals surface area contributed by atoms with Gasteiger partial charge in [-0.1, -0.05) is 80.6 Å². The summed E-state index contributed by atoms with van der Waals surface area (Å²) in [5, 5.41) is 3.32. The van der Waals surface area contributed by atoms with E-state index in [0.29, 0.717) is 11.2 Å². The minimum atomic E-state index is 0.0734. The van der Waals surface area contributed by atoms with Gasteiger partial charge in [0.05, 0.1) is 0 Å². The molecule has 0 bridgehead atoms. The summed E-state index contributed by atoms with van der Waals surface area (Å²) in [6.07, 6.45) is 7.30. The lowest BCUT2D eigenvalue weighted by atomic mass is 9.67. The fraction of sp³-hybridized carbons (Fsp3) is 0.200. The van der Waals surface area contributed by atoms with E-state index in [9.17, 15) is 0 Å². The molecule has 2 atom stereocenters. The van der Waals surface area contributed by atoms with Gasteiger partial charge in [-0.15, -0.1) is 11.8 Å². The molecule has 0 aromatic heterocycles. The third-order valence-corrected chi connectivity index (χ3v) is 7.86. The average Bonchev–Trinajstić information content (AvgIpc) is 2.66. The fourth-order valence-electron chi connectivity index (χ4n) is 5.13. The van der Waals surface area contributed by atoms with Crippen molar-refractivity contribution < 1.29 is 0 Å². The quantitative estimate of drug-likeness (QED) is 0.429. The van der Waals surface area contributed by atoms with Crippen LogP contribution < -0.4 is 0 Å². The van der Waals surface area contributed by atoms with Gasteiger partial charge in [0.15, 0.2) is 0 Å². The van der Waals surface area contributed by atoms with Gasteiger partial charge in [-0.3, -0.25) is 0 Å². The van der Waals surface area contributed by atoms with Crippen LogP contribution in [0.25, 0.3) is 22.9 Å². The first-order valence-corrected chi connectivity index (χ1v) is 10.2. The normalized spacial score (nSPS) is 24.0. The molecule has 0 saturated heterocycles. The Morgan fingerprint density at radius 1 is 0.885 bits per heavy atom. The number of hydrogen-bond acceptors (Lipinski definition) is 1. The van der Waals surface area contributed by atoms with E-state index < -0.39 is 0 Å². The van der Waals surface area contributed by atoms with Crippen molar-refractivity contribution >= 4 is 34.7 Å². The molecule has 1 heteroatoms. The molecule has 1 heterocycles. The summed E-state index contributed by atoms with van der Waals surface area (Å²) in [5.41, 5.74) is 7.44. The van der Waals surface area contributed by atoms with Gasteiger partial charge in [-0.05, 0) is 44.7 Å². The van der Waals surface area contributed by atoms with Crippen molar-refractivity contribution in [2.24, 2.45) is 0 Å². The summed E-state index contributed by atoms with van der Waals surface area (Å²) < 4.78 is 0. The van der Waals surface area contributed by atoms with E-state index >= 15 is 0 Å². The highest BCUT2D eigenvalue weighted by atomic mass is 32.2. The van der Waals surface area contributed by atoms with Crippen molar-refractivity contribution in [2.45, 2.75) is 35.3 Å². The van der Waals surface area contributed by atoms with Crippen LogP contribution in [-0.2, 0) is 5.41 Å². The van der Waals surface area contributed by atoms with E-state index in [1.807, 2.05) is 0 Å². The summed E-state index contributed by atoms with van der Waals surface area (Å²) in [4.78, 5) is 1.45. The maximum absolute atomic E-state index is 2.49. The molecule has 3 aliphatic rings. The largest absolute Gasteiger partial charge is 0.117 e. The number of rotatable bonds is 0. The fourth-order valence-corrected chi connectivity index (χ4v) is 6.87. The number of thioether (sulfide) groups is 1. The second-order valence-electron chi connectivity index (χ2n) is 8.16. The van der Waals surface area contributed by atoms with Gasteiger partial charge in [0.2, 0.25) is 0 Å². The zero-order valence-corrected chi connectivity index (χ0v) is 15.8. The Labute approximate surface area is 158 Å². The number of benzene rings is 3. The van der Waals surface area contributed by atoms with Crippen molar-refractivity contribution in [3.05, 3.63) is 88.5 Å². The number of hydrogen-bond donors (Lipinski definition) is 0. The molecule has 126 valence electrons. The summed E-state index contributed by atoms with van der Waals surface area (Å²) in [7, 11) is 0. The van der Waals surface area contributed by atoms with Gasteiger partial charge in [0.25, 0.3) is 0 Å². The first-order chi connectivity index (χ1) is 12.6. The summed E-state index contributed by atoms with van der Waals surface area (Å²) in [5.74, 6) is 0.459. The van der Waals surface area contributed by atoms with Gasteiger partial charge in [-0.25, -0.2) is 0 Å². The monoisotopic (exact) mass is 352 g/mol. The van der Waals surface area contributed by atoms with E-state index in [1.54, 1.807) is 5.57 Å². The lowest BCUT2D eigenvalue weighted by molar-refractivity contribution is 0.565. The highest BCUT2D eigenvalue weighted by Gasteiger charge is 2.44. The first kappa shape index (κ1) is 14.9. The minimum Gasteiger partial charge on any atom is -0.117 e. The minimum absolute atomic E-state index is 0.0734. The predicted molar refractivity (Wildman–Crippen MR) is 113 cm³/mol. The second kappa shape index (κ2) is 4.92. The van der Waals surface area contributed by atoms with Crippen LogP contribution in [0.4, 0.5) is 0 Å². The molecule has 3 aromatic rings. The van der Waals surface area contributed by atoms with E-state index in [-0.39, 0.29) is 5.41 Å². The van der Waals surface area contributed by atoms with Gasteiger partial charge in [-0.2, -0.15) is 0 Å². The van der Waals surface area contributed by atoms with Gasteiger partial charge in [0.1, 0.15) is 0 Å². The molecule has 0 radical (unpaired) electrons. The van der Waals surface area contributed by atoms with Crippen molar-refractivity contribution in [1.82, 2.24) is 0 Å². The molecule has 2 unspecified atom stereocenters. The first-order valence-electron chi connectivity index (χ1n) is 9.37. The lowest BCUT2D eigenvalue weighted by Crippen LogP contribution is -2.36. The van der Waals surface area contributed by atoms with E-state index in [1.165, 1.54) is 37.9 Å². The van der Waals surface area contributed by atoms with Crippen LogP contribution in [0, 0.1) is 0 Å². The molecule has 0 N–H and O–H groups in total. The van der Waals surface area contributed by atoms with Crippen LogP contribution in [0.5, 0.6) is 0 Å². The molecule has 3 aromatic carbocycles. The molecule has 0 nitrogen and oxygen atoms in total. The summed E-state index contributed by atoms with van der Waals surface area (Å²) in [6.45, 7) is 4.79. The molecule has 0 spiro atoms. The number of fused-ring (bicyclic) bond motifs is 3. The maximum atomic E-state index is 2.49. The molecule has 0 saturated carbocycles. The smallest absolute Gasteiger partial charge is 0.0419 e. The summed E-state index contributed by atoms with van der Waals surface area (Å²) in [6, 6.07) is 20.3. The van der Waals surface area contributed by atoms with Gasteiger partial charge < -0.3 is 0 Å². The van der Waals surface area contributed by atoms with Crippen molar-refractivity contribution in [3.8, 4) is 0 Å². The Morgan fingerprint density at radius 2 is 1.77 bits per heavy atom.